The third kappa shape index (κ3) is 70.3. The molecule has 4 nitrogen and oxygen atoms in total. The number of ether oxygens (including phenoxy) is 4. The highest BCUT2D eigenvalue weighted by atomic mass is 16.5. The van der Waals surface area contributed by atoms with Crippen LogP contribution in [0.4, 0.5) is 0 Å². The molecule has 4 heteroatoms. The minimum absolute atomic E-state index is 0.580. The first-order chi connectivity index (χ1) is 60.4. The van der Waals surface area contributed by atoms with Gasteiger partial charge in [0.05, 0.1) is 26.4 Å². The fraction of sp³-hybridized carbons (Fsp3) is 0.814. The second kappa shape index (κ2) is 88.0. The van der Waals surface area contributed by atoms with E-state index in [2.05, 4.69) is 140 Å². The van der Waals surface area contributed by atoms with Crippen LogP contribution < -0.4 is 18.9 Å². The van der Waals surface area contributed by atoms with Gasteiger partial charge in [0.25, 0.3) is 0 Å². The molecule has 0 amide bonds. The summed E-state index contributed by atoms with van der Waals surface area (Å²) in [7, 11) is 0. The monoisotopic (exact) mass is 1690 g/mol. The zero-order valence-electron chi connectivity index (χ0n) is 83.4. The summed E-state index contributed by atoms with van der Waals surface area (Å²) in [5, 5.41) is 0. The molecule has 0 bridgehead atoms. The molecule has 0 radical (unpaired) electrons. The van der Waals surface area contributed by atoms with E-state index >= 15 is 0 Å². The predicted octanol–water partition coefficient (Wildman–Crippen LogP) is 41.4. The Balaban J connectivity index is 2.01. The zero-order chi connectivity index (χ0) is 87.1. The second-order valence-electron chi connectivity index (χ2n) is 39.5. The Morgan fingerprint density at radius 1 is 0.156 bits per heavy atom. The van der Waals surface area contributed by atoms with Crippen LogP contribution in [0.3, 0.4) is 0 Å². The van der Waals surface area contributed by atoms with E-state index in [0.717, 1.165) is 60.6 Å². The highest BCUT2D eigenvalue weighted by Crippen LogP contribution is 2.33. The van der Waals surface area contributed by atoms with E-state index in [1.54, 1.807) is 0 Å². The van der Waals surface area contributed by atoms with Crippen molar-refractivity contribution in [2.45, 2.75) is 569 Å². The van der Waals surface area contributed by atoms with Crippen LogP contribution in [0.1, 0.15) is 591 Å². The van der Waals surface area contributed by atoms with Crippen LogP contribution in [0.15, 0.2) is 60.7 Å². The second-order valence-corrected chi connectivity index (χ2v) is 39.5. The van der Waals surface area contributed by atoms with Crippen LogP contribution in [0.5, 0.6) is 23.0 Å². The Kier molecular flexibility index (Phi) is 81.2. The lowest BCUT2D eigenvalue weighted by molar-refractivity contribution is 0.214. The minimum atomic E-state index is 0.580. The summed E-state index contributed by atoms with van der Waals surface area (Å²) in [6.07, 6.45) is 119. The molecule has 0 aliphatic heterocycles. The van der Waals surface area contributed by atoms with Gasteiger partial charge in [-0.05, 0) is 122 Å². The molecular formula is C118H210O4. The van der Waals surface area contributed by atoms with Gasteiger partial charge < -0.3 is 18.9 Å². The quantitative estimate of drug-likeness (QED) is 0.0417. The Bertz CT molecular complexity index is 2350. The van der Waals surface area contributed by atoms with Gasteiger partial charge in [-0.1, -0.05) is 566 Å². The van der Waals surface area contributed by atoms with Crippen molar-refractivity contribution in [3.8, 4) is 23.0 Å². The maximum Gasteiger partial charge on any atom is 0.123 e. The lowest BCUT2D eigenvalue weighted by atomic mass is 9.94. The molecule has 706 valence electrons. The molecular weight excluding hydrogens is 1480 g/mol. The van der Waals surface area contributed by atoms with Crippen molar-refractivity contribution in [2.24, 2.45) is 23.7 Å². The van der Waals surface area contributed by atoms with Gasteiger partial charge in [-0.25, -0.2) is 0 Å². The molecule has 3 rings (SSSR count). The Morgan fingerprint density at radius 2 is 0.279 bits per heavy atom. The van der Waals surface area contributed by atoms with E-state index < -0.39 is 0 Å². The highest BCUT2D eigenvalue weighted by molar-refractivity contribution is 5.74. The SMILES string of the molecule is CCCCCCCCCCCCC(CCCCCCCCCC)COc1cc(/C=C/c2ccc(/C=C/c3cc(OCC(CCCCCCCCCC)CCCCCCCCCCCC)cc(OCC(CCCCCCCCCC)CCCCCCCCCCCC)c3)cc2)cc(OCC(CCCCCCCCCC)CCCCCCCCCCCC)c1. The standard InChI is InChI=1S/C118H210O4/c1-9-17-25-33-41-49-53-61-69-77-85-109(81-73-65-57-45-37-29-21-13-5)103-119-115-97-113(98-116(101-115)120-104-110(82-74-66-58-46-38-30-22-14-6)86-78-70-62-54-50-42-34-26-18-10-2)95-93-107-89-91-108(92-90-107)94-96-114-99-117(121-105-111(83-75-67-59-47-39-31-23-15-7)87-79-71-63-55-51-43-35-27-19-11-3)102-118(100-114)122-106-112(84-76-68-60-48-40-32-24-16-8)88-80-72-64-56-52-44-36-28-20-12-4/h89-102,109-112H,9-88,103-106H2,1-8H3/b95-93+,96-94+. The molecule has 0 spiro atoms. The van der Waals surface area contributed by atoms with Crippen molar-refractivity contribution >= 4 is 24.3 Å². The molecule has 3 aromatic rings. The van der Waals surface area contributed by atoms with Crippen molar-refractivity contribution in [3.05, 3.63) is 82.9 Å². The van der Waals surface area contributed by atoms with Gasteiger partial charge in [-0.15, -0.1) is 0 Å². The van der Waals surface area contributed by atoms with E-state index in [4.69, 9.17) is 18.9 Å². The van der Waals surface area contributed by atoms with Gasteiger partial charge in [-0.3, -0.25) is 0 Å². The molecule has 0 saturated carbocycles. The van der Waals surface area contributed by atoms with Crippen molar-refractivity contribution in [3.63, 3.8) is 0 Å². The first-order valence-electron chi connectivity index (χ1n) is 55.6. The summed E-state index contributed by atoms with van der Waals surface area (Å²) in [6, 6.07) is 22.9. The van der Waals surface area contributed by atoms with Gasteiger partial charge in [0.15, 0.2) is 0 Å². The Morgan fingerprint density at radius 3 is 0.418 bits per heavy atom. The molecule has 0 aliphatic carbocycles. The van der Waals surface area contributed by atoms with Gasteiger partial charge in [0.1, 0.15) is 23.0 Å². The van der Waals surface area contributed by atoms with E-state index in [-0.39, 0.29) is 0 Å². The lowest BCUT2D eigenvalue weighted by Crippen LogP contribution is -2.14. The van der Waals surface area contributed by atoms with Crippen molar-refractivity contribution in [1.29, 1.82) is 0 Å². The summed E-state index contributed by atoms with van der Waals surface area (Å²) in [4.78, 5) is 0. The summed E-state index contributed by atoms with van der Waals surface area (Å²) >= 11 is 0. The lowest BCUT2D eigenvalue weighted by Gasteiger charge is -2.20. The fourth-order valence-corrected chi connectivity index (χ4v) is 18.9. The number of benzene rings is 3. The van der Waals surface area contributed by atoms with Gasteiger partial charge in [0.2, 0.25) is 0 Å². The molecule has 0 saturated heterocycles. The topological polar surface area (TPSA) is 36.9 Å². The normalized spacial score (nSPS) is 12.9. The van der Waals surface area contributed by atoms with E-state index in [9.17, 15) is 0 Å². The summed E-state index contributed by atoms with van der Waals surface area (Å²) in [5.74, 6) is 6.19. The molecule has 0 N–H and O–H groups in total. The van der Waals surface area contributed by atoms with Crippen LogP contribution in [0.25, 0.3) is 24.3 Å². The number of hydrogen-bond acceptors (Lipinski definition) is 4. The predicted molar refractivity (Wildman–Crippen MR) is 548 cm³/mol. The van der Waals surface area contributed by atoms with Crippen molar-refractivity contribution < 1.29 is 18.9 Å². The molecule has 0 fully saturated rings. The van der Waals surface area contributed by atoms with Crippen LogP contribution in [-0.2, 0) is 0 Å². The van der Waals surface area contributed by atoms with E-state index in [0.29, 0.717) is 23.7 Å². The third-order valence-corrected chi connectivity index (χ3v) is 27.3. The molecule has 0 aliphatic rings. The van der Waals surface area contributed by atoms with Crippen molar-refractivity contribution in [2.75, 3.05) is 26.4 Å². The molecule has 4 atom stereocenters. The van der Waals surface area contributed by atoms with Crippen molar-refractivity contribution in [1.82, 2.24) is 0 Å². The highest BCUT2D eigenvalue weighted by Gasteiger charge is 2.18. The Labute approximate surface area is 763 Å². The average molecular weight is 1690 g/mol. The minimum Gasteiger partial charge on any atom is -0.493 e. The molecule has 4 unspecified atom stereocenters. The number of rotatable bonds is 96. The van der Waals surface area contributed by atoms with Crippen LogP contribution in [0, 0.1) is 23.7 Å². The first kappa shape index (κ1) is 113. The molecule has 0 heterocycles. The molecule has 0 aromatic heterocycles. The average Bonchev–Trinajstić information content (AvgIpc) is 0.948. The van der Waals surface area contributed by atoms with E-state index in [1.165, 1.54) is 525 Å². The zero-order valence-corrected chi connectivity index (χ0v) is 83.4. The van der Waals surface area contributed by atoms with Crippen LogP contribution >= 0.6 is 0 Å². The summed E-state index contributed by atoms with van der Waals surface area (Å²) < 4.78 is 28.3. The summed E-state index contributed by atoms with van der Waals surface area (Å²) in [5.41, 5.74) is 4.71. The maximum atomic E-state index is 7.09. The largest absolute Gasteiger partial charge is 0.493 e. The van der Waals surface area contributed by atoms with Crippen LogP contribution in [-0.4, -0.2) is 26.4 Å². The van der Waals surface area contributed by atoms with Gasteiger partial charge in [-0.2, -0.15) is 0 Å². The first-order valence-corrected chi connectivity index (χ1v) is 55.6. The molecule has 122 heavy (non-hydrogen) atoms. The van der Waals surface area contributed by atoms with Gasteiger partial charge >= 0.3 is 0 Å². The number of hydrogen-bond donors (Lipinski definition) is 0. The number of unbranched alkanes of at least 4 members (excludes halogenated alkanes) is 64. The molecule has 3 aromatic carbocycles. The van der Waals surface area contributed by atoms with Gasteiger partial charge in [0, 0.05) is 12.1 Å². The van der Waals surface area contributed by atoms with E-state index in [1.807, 2.05) is 0 Å². The fourth-order valence-electron chi connectivity index (χ4n) is 18.9. The Hall–Kier alpha value is -3.66. The third-order valence-electron chi connectivity index (χ3n) is 27.3. The maximum absolute atomic E-state index is 7.09. The smallest absolute Gasteiger partial charge is 0.123 e. The summed E-state index contributed by atoms with van der Waals surface area (Å²) in [6.45, 7) is 21.8. The van der Waals surface area contributed by atoms with Crippen LogP contribution in [0.2, 0.25) is 0 Å².